The molecule has 0 saturated heterocycles. The lowest BCUT2D eigenvalue weighted by Gasteiger charge is -2.07. The number of aryl methyl sites for hydroxylation is 2. The van der Waals surface area contributed by atoms with Crippen LogP contribution in [0.4, 0.5) is 11.9 Å². The van der Waals surface area contributed by atoms with Crippen molar-refractivity contribution in [2.75, 3.05) is 18.5 Å². The summed E-state index contributed by atoms with van der Waals surface area (Å²) in [6.45, 7) is 3.85. The zero-order chi connectivity index (χ0) is 33.8. The van der Waals surface area contributed by atoms with Crippen LogP contribution in [0, 0.1) is 13.8 Å². The maximum atomic E-state index is 12.3. The van der Waals surface area contributed by atoms with E-state index in [9.17, 15) is 14.7 Å². The van der Waals surface area contributed by atoms with E-state index in [1.807, 2.05) is 38.1 Å². The Morgan fingerprint density at radius 2 is 1.17 bits per heavy atom. The fraction of sp³-hybridized carbons (Fsp3) is 0.0909. The van der Waals surface area contributed by atoms with Crippen LogP contribution in [0.5, 0.6) is 0 Å². The molecule has 4 aromatic heterocycles. The molecule has 0 aliphatic rings. The molecule has 0 aliphatic carbocycles. The lowest BCUT2D eigenvalue weighted by Crippen LogP contribution is -2.18. The van der Waals surface area contributed by atoms with E-state index in [-0.39, 0.29) is 23.4 Å². The largest absolute Gasteiger partial charge is 0.478 e. The van der Waals surface area contributed by atoms with Crippen LogP contribution in [-0.4, -0.2) is 53.9 Å². The molecule has 12 nitrogen and oxygen atoms in total. The Morgan fingerprint density at radius 3 is 1.60 bits per heavy atom. The smallest absolute Gasteiger partial charge is 0.337 e. The fourth-order valence-electron chi connectivity index (χ4n) is 4.87. The molecule has 0 fully saturated rings. The first-order valence-corrected chi connectivity index (χ1v) is 14.8. The third-order valence-electron chi connectivity index (χ3n) is 7.18. The van der Waals surface area contributed by atoms with Crippen LogP contribution in [0.1, 0.15) is 31.8 Å². The highest BCUT2D eigenvalue weighted by molar-refractivity contribution is 6.31. The standard InChI is InChI=1S/C17H16ClN5O.C16H13ClN4O2/c1-9-3-4-10(18)7-11(9)15-12(16(24)20-2)8-14(22-15)13-5-6-21-17(19)23-13;1-8-2-3-9(17)6-10(8)14-11(15(22)23)7-13(20-14)12-4-5-19-16(18)21-12/h3-8,22H,1-2H3,(H,20,24)(H2,19,21,23);2-7,20H,1H3,(H,22,23)(H2,18,19,21). The summed E-state index contributed by atoms with van der Waals surface area (Å²) >= 11 is 12.2. The minimum Gasteiger partial charge on any atom is -0.478 e. The lowest BCUT2D eigenvalue weighted by atomic mass is 10.0. The van der Waals surface area contributed by atoms with E-state index in [0.29, 0.717) is 49.8 Å². The van der Waals surface area contributed by atoms with Gasteiger partial charge in [-0.2, -0.15) is 0 Å². The Bertz CT molecular complexity index is 2120. The molecule has 238 valence electrons. The number of aromatic nitrogens is 6. The molecular weight excluding hydrogens is 641 g/mol. The van der Waals surface area contributed by atoms with Crippen LogP contribution in [0.3, 0.4) is 0 Å². The van der Waals surface area contributed by atoms with Crippen molar-refractivity contribution < 1.29 is 14.7 Å². The monoisotopic (exact) mass is 669 g/mol. The molecule has 6 aromatic rings. The summed E-state index contributed by atoms with van der Waals surface area (Å²) in [5.74, 6) is -0.948. The SMILES string of the molecule is CNC(=O)c1cc(-c2ccnc(N)n2)[nH]c1-c1cc(Cl)ccc1C.Cc1ccc(Cl)cc1-c1[nH]c(-c2ccnc(N)n2)cc1C(=O)O. The Kier molecular flexibility index (Phi) is 9.54. The minimum absolute atomic E-state index is 0.120. The maximum Gasteiger partial charge on any atom is 0.337 e. The summed E-state index contributed by atoms with van der Waals surface area (Å²) < 4.78 is 0. The Labute approximate surface area is 279 Å². The quantitative estimate of drug-likeness (QED) is 0.116. The Hall–Kier alpha value is -5.72. The third kappa shape index (κ3) is 7.24. The lowest BCUT2D eigenvalue weighted by molar-refractivity contribution is 0.0697. The maximum absolute atomic E-state index is 12.3. The van der Waals surface area contributed by atoms with Crippen molar-refractivity contribution in [1.29, 1.82) is 0 Å². The normalized spacial score (nSPS) is 10.7. The van der Waals surface area contributed by atoms with Gasteiger partial charge in [0, 0.05) is 40.6 Å². The van der Waals surface area contributed by atoms with E-state index >= 15 is 0 Å². The van der Waals surface area contributed by atoms with Crippen molar-refractivity contribution in [2.45, 2.75) is 13.8 Å². The average molecular weight is 671 g/mol. The van der Waals surface area contributed by atoms with Crippen LogP contribution in [-0.2, 0) is 0 Å². The molecule has 0 unspecified atom stereocenters. The number of carbonyl (C=O) groups is 2. The number of hydrogen-bond acceptors (Lipinski definition) is 8. The summed E-state index contributed by atoms with van der Waals surface area (Å²) in [4.78, 5) is 46.3. The zero-order valence-corrected chi connectivity index (χ0v) is 26.9. The summed E-state index contributed by atoms with van der Waals surface area (Å²) in [6.07, 6.45) is 3.09. The van der Waals surface area contributed by atoms with E-state index in [2.05, 4.69) is 35.2 Å². The molecule has 0 atom stereocenters. The summed E-state index contributed by atoms with van der Waals surface area (Å²) in [7, 11) is 1.59. The number of H-pyrrole nitrogens is 2. The number of nitrogens with two attached hydrogens (primary N) is 2. The van der Waals surface area contributed by atoms with Gasteiger partial charge in [0.25, 0.3) is 5.91 Å². The van der Waals surface area contributed by atoms with Crippen LogP contribution >= 0.6 is 23.2 Å². The number of nitrogens with zero attached hydrogens (tertiary/aromatic N) is 4. The predicted octanol–water partition coefficient (Wildman–Crippen LogP) is 6.42. The molecule has 4 heterocycles. The first-order valence-electron chi connectivity index (χ1n) is 14.1. The van der Waals surface area contributed by atoms with E-state index in [1.165, 1.54) is 12.3 Å². The molecule has 0 saturated carbocycles. The molecule has 2 aromatic carbocycles. The highest BCUT2D eigenvalue weighted by Crippen LogP contribution is 2.33. The molecule has 14 heteroatoms. The van der Waals surface area contributed by atoms with Crippen molar-refractivity contribution in [3.63, 3.8) is 0 Å². The molecule has 1 amide bonds. The van der Waals surface area contributed by atoms with Gasteiger partial charge in [0.2, 0.25) is 11.9 Å². The molecule has 0 bridgehead atoms. The molecule has 47 heavy (non-hydrogen) atoms. The summed E-state index contributed by atoms with van der Waals surface area (Å²) in [5.41, 5.74) is 18.9. The second kappa shape index (κ2) is 13.7. The van der Waals surface area contributed by atoms with Crippen LogP contribution in [0.15, 0.2) is 73.1 Å². The van der Waals surface area contributed by atoms with Gasteiger partial charge in [0.15, 0.2) is 0 Å². The summed E-state index contributed by atoms with van der Waals surface area (Å²) in [6, 6.07) is 17.5. The van der Waals surface area contributed by atoms with Gasteiger partial charge in [-0.1, -0.05) is 35.3 Å². The van der Waals surface area contributed by atoms with Gasteiger partial charge in [0.1, 0.15) is 0 Å². The first-order chi connectivity index (χ1) is 22.4. The molecule has 0 radical (unpaired) electrons. The van der Waals surface area contributed by atoms with Gasteiger partial charge in [0.05, 0.1) is 45.3 Å². The van der Waals surface area contributed by atoms with Gasteiger partial charge >= 0.3 is 5.97 Å². The third-order valence-corrected chi connectivity index (χ3v) is 7.65. The minimum atomic E-state index is -1.04. The molecule has 0 spiro atoms. The number of rotatable bonds is 6. The number of carbonyl (C=O) groups excluding carboxylic acids is 1. The van der Waals surface area contributed by atoms with Gasteiger partial charge in [-0.25, -0.2) is 24.7 Å². The number of anilines is 2. The highest BCUT2D eigenvalue weighted by atomic mass is 35.5. The zero-order valence-electron chi connectivity index (χ0n) is 25.4. The predicted molar refractivity (Wildman–Crippen MR) is 183 cm³/mol. The topological polar surface area (TPSA) is 202 Å². The first kappa shape index (κ1) is 32.7. The van der Waals surface area contributed by atoms with Crippen molar-refractivity contribution in [3.05, 3.63) is 105 Å². The Balaban J connectivity index is 0.000000185. The van der Waals surface area contributed by atoms with Crippen LogP contribution in [0.25, 0.3) is 45.3 Å². The van der Waals surface area contributed by atoms with Gasteiger partial charge in [-0.3, -0.25) is 4.79 Å². The molecule has 6 rings (SSSR count). The number of carboxylic acids is 1. The molecular formula is C33H29Cl2N9O3. The second-order valence-electron chi connectivity index (χ2n) is 10.3. The van der Waals surface area contributed by atoms with E-state index < -0.39 is 5.97 Å². The number of halogens is 2. The number of aromatic carboxylic acids is 1. The molecule has 0 aliphatic heterocycles. The van der Waals surface area contributed by atoms with Crippen molar-refractivity contribution >= 4 is 47.0 Å². The number of benzene rings is 2. The fourth-order valence-corrected chi connectivity index (χ4v) is 5.21. The second-order valence-corrected chi connectivity index (χ2v) is 11.2. The van der Waals surface area contributed by atoms with E-state index in [1.54, 1.807) is 43.6 Å². The number of amides is 1. The van der Waals surface area contributed by atoms with Gasteiger partial charge < -0.3 is 31.9 Å². The average Bonchev–Trinajstić information content (AvgIpc) is 3.70. The summed E-state index contributed by atoms with van der Waals surface area (Å²) in [5, 5.41) is 13.3. The number of aromatic amines is 2. The van der Waals surface area contributed by atoms with E-state index in [0.717, 1.165) is 22.3 Å². The number of hydrogen-bond donors (Lipinski definition) is 6. The van der Waals surface area contributed by atoms with Gasteiger partial charge in [-0.15, -0.1) is 0 Å². The van der Waals surface area contributed by atoms with Gasteiger partial charge in [-0.05, 0) is 73.5 Å². The number of nitrogen functional groups attached to an aromatic ring is 2. The van der Waals surface area contributed by atoms with Crippen molar-refractivity contribution in [3.8, 4) is 45.3 Å². The number of carboxylic acid groups (broad SMARTS) is 1. The van der Waals surface area contributed by atoms with Crippen molar-refractivity contribution in [2.24, 2.45) is 0 Å². The molecule has 8 N–H and O–H groups in total. The van der Waals surface area contributed by atoms with Crippen LogP contribution in [0.2, 0.25) is 10.0 Å². The van der Waals surface area contributed by atoms with Crippen LogP contribution < -0.4 is 16.8 Å². The number of nitrogens with one attached hydrogen (secondary N) is 3. The Morgan fingerprint density at radius 1 is 0.723 bits per heavy atom. The van der Waals surface area contributed by atoms with Crippen molar-refractivity contribution in [1.82, 2.24) is 35.2 Å². The van der Waals surface area contributed by atoms with E-state index in [4.69, 9.17) is 34.7 Å². The highest BCUT2D eigenvalue weighted by Gasteiger charge is 2.20.